The van der Waals surface area contributed by atoms with Crippen LogP contribution in [0.2, 0.25) is 15.1 Å². The van der Waals surface area contributed by atoms with Gasteiger partial charge in [0.2, 0.25) is 0 Å². The van der Waals surface area contributed by atoms with Crippen LogP contribution in [0.5, 0.6) is 5.75 Å². The SMILES string of the molecule is N#CC(=Cc1cc(Cl)c(OCc2ccccc2Cl)c(Cl)c1)c1ccccc1F. The Balaban J connectivity index is 1.88. The molecule has 0 fully saturated rings. The van der Waals surface area contributed by atoms with E-state index in [0.29, 0.717) is 16.3 Å². The average Bonchev–Trinajstić information content (AvgIpc) is 2.67. The lowest BCUT2D eigenvalue weighted by Gasteiger charge is -2.12. The van der Waals surface area contributed by atoms with E-state index in [-0.39, 0.29) is 27.8 Å². The first-order valence-electron chi connectivity index (χ1n) is 8.21. The fourth-order valence-electron chi connectivity index (χ4n) is 2.58. The van der Waals surface area contributed by atoms with Gasteiger partial charge in [0.1, 0.15) is 12.4 Å². The van der Waals surface area contributed by atoms with E-state index in [4.69, 9.17) is 39.5 Å². The van der Waals surface area contributed by atoms with Crippen LogP contribution in [0.25, 0.3) is 11.6 Å². The molecule has 0 saturated carbocycles. The standard InChI is InChI=1S/C22H13Cl3FNO/c23-18-7-3-1-5-15(18)13-28-22-19(24)10-14(11-20(22)25)9-16(12-27)17-6-2-4-8-21(17)26/h1-11H,13H2. The summed E-state index contributed by atoms with van der Waals surface area (Å²) in [6.07, 6.45) is 1.52. The molecule has 0 amide bonds. The van der Waals surface area contributed by atoms with Gasteiger partial charge in [0, 0.05) is 16.1 Å². The zero-order valence-corrected chi connectivity index (χ0v) is 16.7. The molecule has 0 spiro atoms. The minimum atomic E-state index is -0.479. The number of nitriles is 1. The molecule has 0 atom stereocenters. The average molecular weight is 433 g/mol. The van der Waals surface area contributed by atoms with Gasteiger partial charge in [-0.15, -0.1) is 0 Å². The van der Waals surface area contributed by atoms with Crippen molar-refractivity contribution >= 4 is 46.5 Å². The fourth-order valence-corrected chi connectivity index (χ4v) is 3.39. The van der Waals surface area contributed by atoms with Gasteiger partial charge in [-0.25, -0.2) is 4.39 Å². The van der Waals surface area contributed by atoms with Gasteiger partial charge in [-0.3, -0.25) is 0 Å². The first-order valence-corrected chi connectivity index (χ1v) is 9.35. The molecule has 0 aromatic heterocycles. The normalized spacial score (nSPS) is 11.2. The Kier molecular flexibility index (Phi) is 6.59. The van der Waals surface area contributed by atoms with Crippen molar-refractivity contribution in [3.63, 3.8) is 0 Å². The second-order valence-corrected chi connectivity index (χ2v) is 7.07. The van der Waals surface area contributed by atoms with E-state index in [1.807, 2.05) is 24.3 Å². The van der Waals surface area contributed by atoms with Gasteiger partial charge in [0.05, 0.1) is 21.7 Å². The Hall–Kier alpha value is -2.51. The van der Waals surface area contributed by atoms with E-state index in [9.17, 15) is 9.65 Å². The van der Waals surface area contributed by atoms with Crippen LogP contribution in [0.1, 0.15) is 16.7 Å². The molecule has 0 aliphatic heterocycles. The molecule has 0 saturated heterocycles. The monoisotopic (exact) mass is 431 g/mol. The first-order chi connectivity index (χ1) is 13.5. The van der Waals surface area contributed by atoms with Crippen LogP contribution in [0.4, 0.5) is 4.39 Å². The number of halogens is 4. The van der Waals surface area contributed by atoms with Gasteiger partial charge in [0.25, 0.3) is 0 Å². The molecule has 3 aromatic carbocycles. The van der Waals surface area contributed by atoms with Crippen molar-refractivity contribution in [3.05, 3.63) is 98.2 Å². The third-order valence-electron chi connectivity index (χ3n) is 3.95. The summed E-state index contributed by atoms with van der Waals surface area (Å²) in [6, 6.07) is 18.6. The van der Waals surface area contributed by atoms with Crippen molar-refractivity contribution in [2.45, 2.75) is 6.61 Å². The topological polar surface area (TPSA) is 33.0 Å². The molecular weight excluding hydrogens is 420 g/mol. The summed E-state index contributed by atoms with van der Waals surface area (Å²) in [7, 11) is 0. The largest absolute Gasteiger partial charge is 0.486 e. The number of hydrogen-bond donors (Lipinski definition) is 0. The third kappa shape index (κ3) is 4.66. The van der Waals surface area contributed by atoms with Crippen molar-refractivity contribution in [1.82, 2.24) is 0 Å². The Bertz CT molecular complexity index is 1070. The Morgan fingerprint density at radius 3 is 2.25 bits per heavy atom. The fraction of sp³-hybridized carbons (Fsp3) is 0.0455. The molecule has 140 valence electrons. The summed E-state index contributed by atoms with van der Waals surface area (Å²) in [5.74, 6) is -0.169. The van der Waals surface area contributed by atoms with Gasteiger partial charge in [0.15, 0.2) is 5.75 Å². The Morgan fingerprint density at radius 2 is 1.61 bits per heavy atom. The second-order valence-electron chi connectivity index (χ2n) is 5.84. The van der Waals surface area contributed by atoms with Crippen LogP contribution in [0.3, 0.4) is 0 Å². The smallest absolute Gasteiger partial charge is 0.157 e. The van der Waals surface area contributed by atoms with Crippen LogP contribution in [0.15, 0.2) is 60.7 Å². The van der Waals surface area contributed by atoms with Crippen LogP contribution >= 0.6 is 34.8 Å². The van der Waals surface area contributed by atoms with E-state index in [1.54, 1.807) is 30.3 Å². The predicted octanol–water partition coefficient (Wildman–Crippen LogP) is 7.43. The molecule has 0 radical (unpaired) electrons. The number of ether oxygens (including phenoxy) is 1. The molecule has 6 heteroatoms. The molecular formula is C22H13Cl3FNO. The molecule has 0 unspecified atom stereocenters. The summed E-state index contributed by atoms with van der Waals surface area (Å²) in [6.45, 7) is 0.201. The highest BCUT2D eigenvalue weighted by molar-refractivity contribution is 6.37. The lowest BCUT2D eigenvalue weighted by Crippen LogP contribution is -1.98. The van der Waals surface area contributed by atoms with E-state index in [0.717, 1.165) is 5.56 Å². The van der Waals surface area contributed by atoms with Gasteiger partial charge in [-0.1, -0.05) is 71.2 Å². The van der Waals surface area contributed by atoms with Gasteiger partial charge < -0.3 is 4.74 Å². The summed E-state index contributed by atoms with van der Waals surface area (Å²) < 4.78 is 19.7. The van der Waals surface area contributed by atoms with Crippen LogP contribution in [-0.4, -0.2) is 0 Å². The van der Waals surface area contributed by atoms with E-state index in [2.05, 4.69) is 0 Å². The summed E-state index contributed by atoms with van der Waals surface area (Å²) in [5, 5.41) is 10.5. The summed E-state index contributed by atoms with van der Waals surface area (Å²) in [4.78, 5) is 0. The van der Waals surface area contributed by atoms with Gasteiger partial charge in [-0.2, -0.15) is 5.26 Å². The van der Waals surface area contributed by atoms with Gasteiger partial charge in [-0.05, 0) is 35.9 Å². The Labute approximate surface area is 177 Å². The van der Waals surface area contributed by atoms with E-state index < -0.39 is 5.82 Å². The lowest BCUT2D eigenvalue weighted by atomic mass is 10.0. The molecule has 0 bridgehead atoms. The zero-order valence-electron chi connectivity index (χ0n) is 14.4. The maximum absolute atomic E-state index is 14.0. The maximum atomic E-state index is 14.0. The second kappa shape index (κ2) is 9.12. The minimum absolute atomic E-state index is 0.162. The first kappa shape index (κ1) is 20.2. The molecule has 3 aromatic rings. The zero-order chi connectivity index (χ0) is 20.1. The summed E-state index contributed by atoms with van der Waals surface area (Å²) in [5.41, 5.74) is 1.72. The highest BCUT2D eigenvalue weighted by atomic mass is 35.5. The minimum Gasteiger partial charge on any atom is -0.486 e. The van der Waals surface area contributed by atoms with Crippen LogP contribution < -0.4 is 4.74 Å². The lowest BCUT2D eigenvalue weighted by molar-refractivity contribution is 0.306. The van der Waals surface area contributed by atoms with Gasteiger partial charge >= 0.3 is 0 Å². The van der Waals surface area contributed by atoms with Crippen molar-refractivity contribution < 1.29 is 9.13 Å². The number of benzene rings is 3. The molecule has 0 heterocycles. The predicted molar refractivity (Wildman–Crippen MR) is 112 cm³/mol. The molecule has 2 nitrogen and oxygen atoms in total. The van der Waals surface area contributed by atoms with Crippen LogP contribution in [0, 0.1) is 17.1 Å². The van der Waals surface area contributed by atoms with Crippen molar-refractivity contribution in [2.24, 2.45) is 0 Å². The third-order valence-corrected chi connectivity index (χ3v) is 4.88. The molecule has 0 aliphatic rings. The van der Waals surface area contributed by atoms with Crippen molar-refractivity contribution in [2.75, 3.05) is 0 Å². The maximum Gasteiger partial charge on any atom is 0.157 e. The quantitative estimate of drug-likeness (QED) is 0.310. The van der Waals surface area contributed by atoms with E-state index >= 15 is 0 Å². The van der Waals surface area contributed by atoms with E-state index in [1.165, 1.54) is 18.2 Å². The molecule has 0 N–H and O–H groups in total. The number of rotatable bonds is 5. The molecule has 0 aliphatic carbocycles. The van der Waals surface area contributed by atoms with Crippen molar-refractivity contribution in [3.8, 4) is 11.8 Å². The number of nitrogens with zero attached hydrogens (tertiary/aromatic N) is 1. The number of allylic oxidation sites excluding steroid dienone is 1. The highest BCUT2D eigenvalue weighted by Crippen LogP contribution is 2.36. The van der Waals surface area contributed by atoms with Crippen LogP contribution in [-0.2, 0) is 6.61 Å². The number of hydrogen-bond acceptors (Lipinski definition) is 2. The highest BCUT2D eigenvalue weighted by Gasteiger charge is 2.12. The Morgan fingerprint density at radius 1 is 0.964 bits per heavy atom. The summed E-state index contributed by atoms with van der Waals surface area (Å²) >= 11 is 18.8. The van der Waals surface area contributed by atoms with Crippen molar-refractivity contribution in [1.29, 1.82) is 5.26 Å². The molecule has 28 heavy (non-hydrogen) atoms. The molecule has 3 rings (SSSR count).